The fourth-order valence-electron chi connectivity index (χ4n) is 10.9. The molecule has 0 unspecified atom stereocenters. The Morgan fingerprint density at radius 2 is 1.66 bits per heavy atom. The van der Waals surface area contributed by atoms with Crippen LogP contribution in [0.1, 0.15) is 107 Å². The van der Waals surface area contributed by atoms with Crippen LogP contribution in [0, 0.1) is 23.2 Å². The molecule has 0 aliphatic carbocycles. The number of aliphatic hydroxyl groups is 5. The van der Waals surface area contributed by atoms with Gasteiger partial charge >= 0.3 is 12.0 Å². The number of hydrogen-bond acceptors (Lipinski definition) is 16. The lowest BCUT2D eigenvalue weighted by Gasteiger charge is -2.48. The van der Waals surface area contributed by atoms with Crippen molar-refractivity contribution in [2.45, 2.75) is 198 Å². The van der Waals surface area contributed by atoms with Gasteiger partial charge < -0.3 is 69.1 Å². The molecule has 18 heteroatoms. The second-order valence-electron chi connectivity index (χ2n) is 21.3. The Morgan fingerprint density at radius 1 is 0.972 bits per heavy atom. The van der Waals surface area contributed by atoms with E-state index in [0.717, 1.165) is 10.8 Å². The fraction of sp³-hybridized carbons (Fsp3) is 0.755. The van der Waals surface area contributed by atoms with Gasteiger partial charge in [0.2, 0.25) is 0 Å². The van der Waals surface area contributed by atoms with Crippen LogP contribution >= 0.6 is 0 Å². The van der Waals surface area contributed by atoms with E-state index in [9.17, 15) is 40.4 Å². The molecule has 18 nitrogen and oxygen atoms in total. The summed E-state index contributed by atoms with van der Waals surface area (Å²) in [5, 5.41) is 74.5. The molecule has 3 aliphatic heterocycles. The van der Waals surface area contributed by atoms with E-state index >= 15 is 0 Å². The van der Waals surface area contributed by atoms with Crippen LogP contribution in [0.15, 0.2) is 42.5 Å². The first kappa shape index (κ1) is 58.3. The minimum Gasteiger partial charge on any atom is -0.459 e. The van der Waals surface area contributed by atoms with Crippen molar-refractivity contribution in [2.75, 3.05) is 52.7 Å². The lowest BCUT2D eigenvalue weighted by Crippen LogP contribution is -2.60. The van der Waals surface area contributed by atoms with Gasteiger partial charge in [-0.15, -0.1) is 0 Å². The number of cyclic esters (lactones) is 1. The maximum atomic E-state index is 14.6. The van der Waals surface area contributed by atoms with Gasteiger partial charge in [0.25, 0.3) is 0 Å². The van der Waals surface area contributed by atoms with Crippen molar-refractivity contribution in [1.29, 1.82) is 5.26 Å². The average molecular weight is 1000 g/mol. The highest BCUT2D eigenvalue weighted by molar-refractivity contribution is 5.93. The zero-order valence-corrected chi connectivity index (χ0v) is 44.2. The summed E-state index contributed by atoms with van der Waals surface area (Å²) in [6.07, 6.45) is -8.37. The Bertz CT molecular complexity index is 2070. The Labute approximate surface area is 421 Å². The minimum absolute atomic E-state index is 0.0891. The van der Waals surface area contributed by atoms with Gasteiger partial charge in [0.15, 0.2) is 12.6 Å². The monoisotopic (exact) mass is 1000 g/mol. The topological polar surface area (TPSA) is 236 Å². The number of likely N-dealkylation sites (N-methyl/N-ethyl adjacent to an activating group) is 1. The number of esters is 1. The second-order valence-corrected chi connectivity index (χ2v) is 21.3. The number of rotatable bonds is 14. The predicted octanol–water partition coefficient (Wildman–Crippen LogP) is 5.02. The standard InChI is InChI=1S/C53H85N5O13/c1-13-41-53(9,65)45(60)35(5)57(27-18-28-58(26-17-24-54)50(63)55-39-22-21-37-19-14-15-20-38(37)30-39)25-16-23-51(7,64)47(71-49-43(59)40(56(10)11)29-32(2)67-49)33(3)44(34(4)48(62)69-41)70-42-31-52(8,66-12)46(61)36(6)68-42/h14-15,19-22,30,32-36,40-47,49,59-61,64-65H,13,16-18,23,25-29,31H2,1-12H3,(H,55,63)/t32-,33+,34-,35-,36+,40+,41-,42+,43-,44+,45-,46+,47-,49+,51-,52-,53-/m1/s1. The van der Waals surface area contributed by atoms with Crippen molar-refractivity contribution in [3.05, 3.63) is 42.5 Å². The first-order valence-electron chi connectivity index (χ1n) is 25.6. The number of nitrogens with one attached hydrogen (secondary N) is 1. The third kappa shape index (κ3) is 14.2. The summed E-state index contributed by atoms with van der Waals surface area (Å²) in [5.74, 6) is -2.66. The van der Waals surface area contributed by atoms with Crippen molar-refractivity contribution < 1.29 is 63.5 Å². The molecule has 0 bridgehead atoms. The van der Waals surface area contributed by atoms with Crippen LogP contribution in [0.5, 0.6) is 0 Å². The Morgan fingerprint density at radius 3 is 2.31 bits per heavy atom. The molecule has 6 N–H and O–H groups in total. The van der Waals surface area contributed by atoms with E-state index in [0.29, 0.717) is 38.0 Å². The van der Waals surface area contributed by atoms with Gasteiger partial charge in [-0.2, -0.15) is 5.26 Å². The van der Waals surface area contributed by atoms with Gasteiger partial charge in [-0.3, -0.25) is 9.69 Å². The number of fused-ring (bicyclic) bond motifs is 1. The fourth-order valence-corrected chi connectivity index (χ4v) is 10.9. The molecule has 3 heterocycles. The van der Waals surface area contributed by atoms with E-state index in [-0.39, 0.29) is 56.9 Å². The molecule has 71 heavy (non-hydrogen) atoms. The average Bonchev–Trinajstić information content (AvgIpc) is 3.32. The van der Waals surface area contributed by atoms with Gasteiger partial charge in [0.05, 0.1) is 54.0 Å². The zero-order chi connectivity index (χ0) is 52.6. The molecule has 3 saturated heterocycles. The first-order valence-corrected chi connectivity index (χ1v) is 25.6. The first-order chi connectivity index (χ1) is 33.4. The Balaban J connectivity index is 1.48. The van der Waals surface area contributed by atoms with Crippen LogP contribution in [0.25, 0.3) is 10.8 Å². The van der Waals surface area contributed by atoms with E-state index in [1.54, 1.807) is 53.4 Å². The smallest absolute Gasteiger partial charge is 0.321 e. The number of nitriles is 1. The minimum atomic E-state index is -1.95. The Kier molecular flexibility index (Phi) is 20.6. The van der Waals surface area contributed by atoms with E-state index < -0.39 is 96.0 Å². The van der Waals surface area contributed by atoms with Crippen LogP contribution in [-0.2, 0) is 33.2 Å². The second kappa shape index (κ2) is 25.1. The van der Waals surface area contributed by atoms with E-state index in [4.69, 9.17) is 28.4 Å². The predicted molar refractivity (Wildman–Crippen MR) is 268 cm³/mol. The number of aliphatic hydroxyl groups excluding tert-OH is 3. The van der Waals surface area contributed by atoms with Gasteiger partial charge in [-0.05, 0) is 124 Å². The van der Waals surface area contributed by atoms with Crippen LogP contribution < -0.4 is 5.32 Å². The van der Waals surface area contributed by atoms with Crippen molar-refractivity contribution in [3.8, 4) is 6.07 Å². The number of amides is 2. The molecule has 0 saturated carbocycles. The maximum Gasteiger partial charge on any atom is 0.321 e. The van der Waals surface area contributed by atoms with Crippen molar-refractivity contribution in [3.63, 3.8) is 0 Å². The number of anilines is 1. The van der Waals surface area contributed by atoms with Crippen molar-refractivity contribution >= 4 is 28.5 Å². The third-order valence-corrected chi connectivity index (χ3v) is 15.5. The van der Waals surface area contributed by atoms with Crippen LogP contribution in [0.3, 0.4) is 0 Å². The van der Waals surface area contributed by atoms with Crippen LogP contribution in [0.4, 0.5) is 10.5 Å². The largest absolute Gasteiger partial charge is 0.459 e. The molecule has 0 aromatic heterocycles. The molecule has 2 amide bonds. The van der Waals surface area contributed by atoms with Crippen molar-refractivity contribution in [1.82, 2.24) is 14.7 Å². The quantitative estimate of drug-likeness (QED) is 0.136. The van der Waals surface area contributed by atoms with Gasteiger partial charge in [0.1, 0.15) is 30.0 Å². The summed E-state index contributed by atoms with van der Waals surface area (Å²) in [6, 6.07) is 14.2. The summed E-state index contributed by atoms with van der Waals surface area (Å²) in [7, 11) is 5.23. The zero-order valence-electron chi connectivity index (χ0n) is 44.2. The number of hydrogen-bond donors (Lipinski definition) is 6. The number of benzene rings is 2. The number of urea groups is 1. The summed E-state index contributed by atoms with van der Waals surface area (Å²) in [6.45, 7) is 16.5. The summed E-state index contributed by atoms with van der Waals surface area (Å²) in [5.41, 5.74) is -4.07. The highest BCUT2D eigenvalue weighted by atomic mass is 16.7. The van der Waals surface area contributed by atoms with E-state index in [2.05, 4.69) is 11.4 Å². The molecule has 3 aliphatic rings. The number of methoxy groups -OCH3 is 1. The number of nitrogens with zero attached hydrogens (tertiary/aromatic N) is 4. The third-order valence-electron chi connectivity index (χ3n) is 15.5. The number of carbonyl (C=O) groups excluding carboxylic acids is 2. The summed E-state index contributed by atoms with van der Waals surface area (Å²) in [4.78, 5) is 33.8. The van der Waals surface area contributed by atoms with Gasteiger partial charge in [0, 0.05) is 56.9 Å². The molecule has 0 radical (unpaired) electrons. The lowest BCUT2D eigenvalue weighted by atomic mass is 9.79. The van der Waals surface area contributed by atoms with Crippen LogP contribution in [-0.4, -0.2) is 190 Å². The maximum absolute atomic E-state index is 14.6. The summed E-state index contributed by atoms with van der Waals surface area (Å²) >= 11 is 0. The molecule has 5 rings (SSSR count). The highest BCUT2D eigenvalue weighted by Crippen LogP contribution is 2.40. The molecule has 2 aromatic carbocycles. The SMILES string of the molecule is CC[C@H]1OC(=O)[C@H](C)[C@@H](O[C@H]2C[C@@](C)(OC)[C@@H](O)[C@H](C)O2)[C@H](C)[C@@H](O[C@@H]2O[C@H](C)C[C@H](N(C)C)[C@H]2O)[C@](C)(O)CCCN(CCCN(CCC#N)C(=O)Nc2ccc3ccccc3c2)[C@H](C)[C@@H](O)[C@]1(C)O. The molecule has 2 aromatic rings. The van der Waals surface area contributed by atoms with Gasteiger partial charge in [-0.25, -0.2) is 4.79 Å². The van der Waals surface area contributed by atoms with Gasteiger partial charge in [-0.1, -0.05) is 44.2 Å². The molecule has 17 atom stereocenters. The highest BCUT2D eigenvalue weighted by Gasteiger charge is 2.52. The molecule has 0 spiro atoms. The van der Waals surface area contributed by atoms with E-state index in [1.807, 2.05) is 73.3 Å². The molecular weight excluding hydrogens is 915 g/mol. The normalized spacial score (nSPS) is 38.2. The lowest BCUT2D eigenvalue weighted by molar-refractivity contribution is -0.317. The number of ether oxygens (including phenoxy) is 6. The number of carbonyl (C=O) groups is 2. The molecular formula is C53H85N5O13. The summed E-state index contributed by atoms with van der Waals surface area (Å²) < 4.78 is 38.0. The van der Waals surface area contributed by atoms with E-state index in [1.165, 1.54) is 14.0 Å². The Hall–Kier alpha value is -3.55. The van der Waals surface area contributed by atoms with Crippen LogP contribution in [0.2, 0.25) is 0 Å². The van der Waals surface area contributed by atoms with Crippen molar-refractivity contribution in [2.24, 2.45) is 11.8 Å². The molecule has 400 valence electrons. The molecule has 3 fully saturated rings.